The highest BCUT2D eigenvalue weighted by atomic mass is 31.2. The van der Waals surface area contributed by atoms with Gasteiger partial charge in [0, 0.05) is 20.8 Å². The van der Waals surface area contributed by atoms with Gasteiger partial charge in [0.1, 0.15) is 11.8 Å². The van der Waals surface area contributed by atoms with Crippen LogP contribution >= 0.6 is 7.60 Å². The second-order valence-corrected chi connectivity index (χ2v) is 8.20. The van der Waals surface area contributed by atoms with E-state index in [4.69, 9.17) is 13.8 Å². The Balaban J connectivity index is 2.75. The number of carbonyl (C=O) groups excluding carboxylic acids is 2. The summed E-state index contributed by atoms with van der Waals surface area (Å²) < 4.78 is 26.9. The van der Waals surface area contributed by atoms with Crippen LogP contribution in [0.4, 0.5) is 4.79 Å². The molecule has 1 rings (SSSR count). The Labute approximate surface area is 125 Å². The number of Topliss-reactive ketones (excluding diaryl/α,β-unsaturated/α-hetero) is 1. The van der Waals surface area contributed by atoms with E-state index in [0.717, 1.165) is 0 Å². The summed E-state index contributed by atoms with van der Waals surface area (Å²) >= 11 is 0. The molecule has 1 fully saturated rings. The number of rotatable bonds is 5. The van der Waals surface area contributed by atoms with Gasteiger partial charge in [0.15, 0.2) is 5.78 Å². The molecular weight excluding hydrogens is 297 g/mol. The van der Waals surface area contributed by atoms with Gasteiger partial charge in [-0.25, -0.2) is 4.79 Å². The van der Waals surface area contributed by atoms with Gasteiger partial charge in [-0.3, -0.25) is 14.3 Å². The third-order valence-corrected chi connectivity index (χ3v) is 4.97. The molecule has 0 saturated carbocycles. The van der Waals surface area contributed by atoms with Crippen molar-refractivity contribution in [2.75, 3.05) is 26.9 Å². The molecule has 0 aromatic heterocycles. The third-order valence-electron chi connectivity index (χ3n) is 3.16. The molecule has 0 aromatic carbocycles. The number of amides is 1. The Bertz CT molecular complexity index is 436. The summed E-state index contributed by atoms with van der Waals surface area (Å²) in [5.41, 5.74) is -0.623. The molecule has 7 nitrogen and oxygen atoms in total. The van der Waals surface area contributed by atoms with Crippen molar-refractivity contribution < 1.29 is 27.9 Å². The summed E-state index contributed by atoms with van der Waals surface area (Å²) in [5, 5.41) is 0. The number of ether oxygens (including phenoxy) is 1. The minimum Gasteiger partial charge on any atom is -0.444 e. The van der Waals surface area contributed by atoms with E-state index in [2.05, 4.69) is 0 Å². The van der Waals surface area contributed by atoms with E-state index in [1.807, 2.05) is 0 Å². The molecule has 1 aliphatic rings. The Kier molecular flexibility index (Phi) is 5.96. The predicted octanol–water partition coefficient (Wildman–Crippen LogP) is 2.44. The van der Waals surface area contributed by atoms with Crippen LogP contribution in [0.5, 0.6) is 0 Å². The maximum Gasteiger partial charge on any atom is 0.410 e. The molecule has 0 aliphatic carbocycles. The molecular formula is C13H24NO6P. The standard InChI is InChI=1S/C13H24NO6P/c1-13(2,3)20-12(16)14-8-6-7-10(14)11(15)9-21(17,18-4)19-5/h10H,6-9H2,1-5H3. The van der Waals surface area contributed by atoms with Gasteiger partial charge >= 0.3 is 13.7 Å². The molecule has 0 bridgehead atoms. The lowest BCUT2D eigenvalue weighted by Gasteiger charge is -2.28. The van der Waals surface area contributed by atoms with Crippen LogP contribution in [0.3, 0.4) is 0 Å². The number of ketones is 1. The van der Waals surface area contributed by atoms with E-state index in [1.165, 1.54) is 19.1 Å². The molecule has 21 heavy (non-hydrogen) atoms. The zero-order valence-electron chi connectivity index (χ0n) is 13.2. The topological polar surface area (TPSA) is 82.1 Å². The second-order valence-electron chi connectivity index (χ2n) is 5.93. The third kappa shape index (κ3) is 5.09. The molecule has 1 saturated heterocycles. The van der Waals surface area contributed by atoms with Crippen molar-refractivity contribution in [1.29, 1.82) is 0 Å². The van der Waals surface area contributed by atoms with Gasteiger partial charge in [0.05, 0.1) is 6.04 Å². The molecule has 0 radical (unpaired) electrons. The smallest absolute Gasteiger partial charge is 0.410 e. The Morgan fingerprint density at radius 1 is 1.24 bits per heavy atom. The normalized spacial score (nSPS) is 19.7. The lowest BCUT2D eigenvalue weighted by Crippen LogP contribution is -2.44. The van der Waals surface area contributed by atoms with Gasteiger partial charge < -0.3 is 13.8 Å². The summed E-state index contributed by atoms with van der Waals surface area (Å²) in [6.45, 7) is 5.75. The zero-order chi connectivity index (χ0) is 16.3. The first kappa shape index (κ1) is 18.1. The number of carbonyl (C=O) groups is 2. The zero-order valence-corrected chi connectivity index (χ0v) is 14.1. The first-order valence-electron chi connectivity index (χ1n) is 6.85. The van der Waals surface area contributed by atoms with E-state index < -0.39 is 25.3 Å². The first-order chi connectivity index (χ1) is 9.62. The van der Waals surface area contributed by atoms with Crippen molar-refractivity contribution in [1.82, 2.24) is 4.90 Å². The number of likely N-dealkylation sites (tertiary alicyclic amines) is 1. The Hall–Kier alpha value is -0.910. The molecule has 1 amide bonds. The summed E-state index contributed by atoms with van der Waals surface area (Å²) in [5.74, 6) is -0.328. The average Bonchev–Trinajstić information content (AvgIpc) is 2.86. The van der Waals surface area contributed by atoms with Crippen molar-refractivity contribution in [3.63, 3.8) is 0 Å². The maximum atomic E-state index is 12.3. The van der Waals surface area contributed by atoms with Gasteiger partial charge in [-0.2, -0.15) is 0 Å². The van der Waals surface area contributed by atoms with Crippen molar-refractivity contribution in [2.24, 2.45) is 0 Å². The van der Waals surface area contributed by atoms with E-state index in [1.54, 1.807) is 20.8 Å². The fourth-order valence-corrected chi connectivity index (χ4v) is 3.14. The highest BCUT2D eigenvalue weighted by Crippen LogP contribution is 2.46. The maximum absolute atomic E-state index is 12.3. The SMILES string of the molecule is COP(=O)(CC(=O)C1CCCN1C(=O)OC(C)(C)C)OC. The van der Waals surface area contributed by atoms with Gasteiger partial charge in [-0.15, -0.1) is 0 Å². The highest BCUT2D eigenvalue weighted by Gasteiger charge is 2.39. The van der Waals surface area contributed by atoms with Crippen molar-refractivity contribution in [3.8, 4) is 0 Å². The largest absolute Gasteiger partial charge is 0.444 e. The molecule has 0 aromatic rings. The second kappa shape index (κ2) is 6.90. The van der Waals surface area contributed by atoms with Gasteiger partial charge in [0.25, 0.3) is 0 Å². The lowest BCUT2D eigenvalue weighted by atomic mass is 10.1. The van der Waals surface area contributed by atoms with E-state index >= 15 is 0 Å². The molecule has 1 heterocycles. The summed E-state index contributed by atoms with van der Waals surface area (Å²) in [4.78, 5) is 25.8. The van der Waals surface area contributed by atoms with Crippen LogP contribution in [0.1, 0.15) is 33.6 Å². The van der Waals surface area contributed by atoms with E-state index in [9.17, 15) is 14.2 Å². The average molecular weight is 321 g/mol. The van der Waals surface area contributed by atoms with E-state index in [0.29, 0.717) is 19.4 Å². The molecule has 8 heteroatoms. The van der Waals surface area contributed by atoms with Crippen LogP contribution in [-0.2, 0) is 23.1 Å². The summed E-state index contributed by atoms with van der Waals surface area (Å²) in [7, 11) is -0.948. The minimum absolute atomic E-state index is 0.328. The van der Waals surface area contributed by atoms with Crippen molar-refractivity contribution >= 4 is 19.5 Å². The van der Waals surface area contributed by atoms with Crippen LogP contribution in [0.25, 0.3) is 0 Å². The fourth-order valence-electron chi connectivity index (χ4n) is 2.14. The fraction of sp³-hybridized carbons (Fsp3) is 0.846. The summed E-state index contributed by atoms with van der Waals surface area (Å²) in [6, 6.07) is -0.626. The van der Waals surface area contributed by atoms with Gasteiger partial charge in [-0.1, -0.05) is 0 Å². The van der Waals surface area contributed by atoms with Crippen LogP contribution in [0.15, 0.2) is 0 Å². The molecule has 1 atom stereocenters. The lowest BCUT2D eigenvalue weighted by molar-refractivity contribution is -0.121. The van der Waals surface area contributed by atoms with Crippen LogP contribution < -0.4 is 0 Å². The minimum atomic E-state index is -3.42. The molecule has 1 unspecified atom stereocenters. The molecule has 0 N–H and O–H groups in total. The molecule has 122 valence electrons. The van der Waals surface area contributed by atoms with Crippen molar-refractivity contribution in [3.05, 3.63) is 0 Å². The first-order valence-corrected chi connectivity index (χ1v) is 8.57. The quantitative estimate of drug-likeness (QED) is 0.723. The molecule has 0 spiro atoms. The number of nitrogens with zero attached hydrogens (tertiary/aromatic N) is 1. The summed E-state index contributed by atoms with van der Waals surface area (Å²) in [6.07, 6.45) is 0.373. The number of hydrogen-bond acceptors (Lipinski definition) is 6. The van der Waals surface area contributed by atoms with Crippen LogP contribution in [0, 0.1) is 0 Å². The monoisotopic (exact) mass is 321 g/mol. The van der Waals surface area contributed by atoms with Gasteiger partial charge in [0.2, 0.25) is 0 Å². The molecule has 1 aliphatic heterocycles. The van der Waals surface area contributed by atoms with E-state index in [-0.39, 0.29) is 11.9 Å². The predicted molar refractivity (Wildman–Crippen MR) is 77.5 cm³/mol. The van der Waals surface area contributed by atoms with Crippen LogP contribution in [-0.4, -0.2) is 55.3 Å². The van der Waals surface area contributed by atoms with Gasteiger partial charge in [-0.05, 0) is 33.6 Å². The Morgan fingerprint density at radius 3 is 2.29 bits per heavy atom. The van der Waals surface area contributed by atoms with Crippen LogP contribution in [0.2, 0.25) is 0 Å². The number of hydrogen-bond donors (Lipinski definition) is 0. The van der Waals surface area contributed by atoms with Crippen molar-refractivity contribution in [2.45, 2.75) is 45.3 Å². The highest BCUT2D eigenvalue weighted by molar-refractivity contribution is 7.54. The Morgan fingerprint density at radius 2 is 1.81 bits per heavy atom.